The number of fused-ring (bicyclic) bond motifs is 1. The number of thiophene rings is 1. The first-order valence-electron chi connectivity index (χ1n) is 9.93. The maximum atomic E-state index is 13.6. The Morgan fingerprint density at radius 2 is 2.03 bits per heavy atom. The molecule has 1 saturated heterocycles. The number of hydrogen-bond donors (Lipinski definition) is 1. The van der Waals surface area contributed by atoms with Crippen LogP contribution in [0.1, 0.15) is 28.7 Å². The first-order chi connectivity index (χ1) is 14.4. The average molecular weight is 425 g/mol. The molecule has 0 radical (unpaired) electrons. The van der Waals surface area contributed by atoms with Crippen LogP contribution in [0.15, 0.2) is 47.5 Å². The predicted molar refractivity (Wildman–Crippen MR) is 113 cm³/mol. The van der Waals surface area contributed by atoms with Gasteiger partial charge < -0.3 is 19.3 Å². The fourth-order valence-electron chi connectivity index (χ4n) is 3.96. The van der Waals surface area contributed by atoms with Crippen molar-refractivity contribution in [3.05, 3.63) is 63.7 Å². The molecule has 1 amide bonds. The fraction of sp³-hybridized carbons (Fsp3) is 0.318. The lowest BCUT2D eigenvalue weighted by Gasteiger charge is -2.26. The van der Waals surface area contributed by atoms with E-state index >= 15 is 0 Å². The van der Waals surface area contributed by atoms with Crippen LogP contribution in [0, 0.1) is 6.92 Å². The highest BCUT2D eigenvalue weighted by atomic mass is 32.1. The number of pyridine rings is 1. The van der Waals surface area contributed by atoms with Gasteiger partial charge in [-0.05, 0) is 30.5 Å². The van der Waals surface area contributed by atoms with Crippen LogP contribution >= 0.6 is 11.3 Å². The molecule has 0 bridgehead atoms. The van der Waals surface area contributed by atoms with Crippen molar-refractivity contribution in [1.82, 2.24) is 14.3 Å². The zero-order chi connectivity index (χ0) is 21.4. The lowest BCUT2D eigenvalue weighted by molar-refractivity contribution is -0.858. The van der Waals surface area contributed by atoms with Crippen molar-refractivity contribution in [1.29, 1.82) is 0 Å². The fourth-order valence-corrected chi connectivity index (χ4v) is 4.81. The lowest BCUT2D eigenvalue weighted by Crippen LogP contribution is -3.05. The Hall–Kier alpha value is -2.97. The molecule has 1 atom stereocenters. The number of nitrogens with zero attached hydrogens (tertiary/aromatic N) is 3. The summed E-state index contributed by atoms with van der Waals surface area (Å²) < 4.78 is 1.69. The van der Waals surface area contributed by atoms with Crippen LogP contribution in [0.4, 0.5) is 0 Å². The van der Waals surface area contributed by atoms with Gasteiger partial charge in [-0.1, -0.05) is 17.9 Å². The van der Waals surface area contributed by atoms with Crippen molar-refractivity contribution in [3.8, 4) is 0 Å². The zero-order valence-corrected chi connectivity index (χ0v) is 18.0. The number of Topliss-reactive ketones (excluding diaryl/α,β-unsaturated/α-hetero) is 1. The number of imidazole rings is 1. The summed E-state index contributed by atoms with van der Waals surface area (Å²) in [5, 5.41) is 15.5. The van der Waals surface area contributed by atoms with Gasteiger partial charge in [0.05, 0.1) is 38.1 Å². The van der Waals surface area contributed by atoms with Gasteiger partial charge in [0.2, 0.25) is 5.78 Å². The summed E-state index contributed by atoms with van der Waals surface area (Å²) in [5.74, 6) is -1.73. The van der Waals surface area contributed by atoms with Crippen LogP contribution in [0.5, 0.6) is 0 Å². The summed E-state index contributed by atoms with van der Waals surface area (Å²) in [6.45, 7) is 3.05. The minimum absolute atomic E-state index is 0.0217. The number of quaternary nitrogens is 1. The van der Waals surface area contributed by atoms with Crippen molar-refractivity contribution in [2.24, 2.45) is 0 Å². The molecule has 0 aromatic carbocycles. The summed E-state index contributed by atoms with van der Waals surface area (Å²) in [6, 6.07) is 8.56. The molecule has 0 spiro atoms. The van der Waals surface area contributed by atoms with Gasteiger partial charge >= 0.3 is 0 Å². The second-order valence-corrected chi connectivity index (χ2v) is 8.75. The number of ketones is 1. The number of carbonyl (C=O) groups excluding carboxylic acids is 2. The maximum absolute atomic E-state index is 13.6. The summed E-state index contributed by atoms with van der Waals surface area (Å²) in [7, 11) is 4.09. The molecule has 1 N–H and O–H groups in total. The first-order valence-corrected chi connectivity index (χ1v) is 10.8. The normalized spacial score (nSPS) is 18.8. The molecule has 30 heavy (non-hydrogen) atoms. The van der Waals surface area contributed by atoms with Crippen LogP contribution in [0.2, 0.25) is 0 Å². The number of nitrogens with one attached hydrogen (secondary N) is 1. The largest absolute Gasteiger partial charge is 0.871 e. The van der Waals surface area contributed by atoms with E-state index in [-0.39, 0.29) is 5.57 Å². The van der Waals surface area contributed by atoms with Crippen LogP contribution in [-0.4, -0.2) is 53.2 Å². The van der Waals surface area contributed by atoms with Crippen molar-refractivity contribution >= 4 is 34.4 Å². The number of carbonyl (C=O) groups is 2. The van der Waals surface area contributed by atoms with Gasteiger partial charge in [-0.25, -0.2) is 4.98 Å². The summed E-state index contributed by atoms with van der Waals surface area (Å²) in [4.78, 5) is 34.0. The van der Waals surface area contributed by atoms with Crippen LogP contribution in [-0.2, 0) is 9.59 Å². The van der Waals surface area contributed by atoms with Crippen molar-refractivity contribution in [2.45, 2.75) is 19.4 Å². The summed E-state index contributed by atoms with van der Waals surface area (Å²) in [5.41, 5.74) is 1.53. The Kier molecular flexibility index (Phi) is 5.44. The highest BCUT2D eigenvalue weighted by Crippen LogP contribution is 2.40. The molecule has 4 rings (SSSR count). The molecule has 3 aromatic heterocycles. The van der Waals surface area contributed by atoms with Gasteiger partial charge in [0.15, 0.2) is 0 Å². The molecular weight excluding hydrogens is 400 g/mol. The second kappa shape index (κ2) is 8.04. The molecule has 1 aliphatic rings. The third-order valence-electron chi connectivity index (χ3n) is 5.34. The zero-order valence-electron chi connectivity index (χ0n) is 17.2. The Labute approximate surface area is 178 Å². The minimum atomic E-state index is -0.708. The molecular formula is C22H24N4O3S. The molecule has 0 saturated carbocycles. The third-order valence-corrected chi connectivity index (χ3v) is 6.26. The highest BCUT2D eigenvalue weighted by molar-refractivity contribution is 7.10. The van der Waals surface area contributed by atoms with Gasteiger partial charge in [0.1, 0.15) is 5.65 Å². The second-order valence-electron chi connectivity index (χ2n) is 7.77. The number of aryl methyl sites for hydroxylation is 1. The number of hydrogen-bond acceptors (Lipinski definition) is 5. The average Bonchev–Trinajstić information content (AvgIpc) is 3.40. The molecule has 1 unspecified atom stereocenters. The van der Waals surface area contributed by atoms with Gasteiger partial charge in [-0.2, -0.15) is 0 Å². The number of amides is 1. The standard InChI is InChI=1S/C22H24N4O3S/c1-14-18(25-11-5-4-9-16(25)23-14)20(27)17-19(15-8-6-13-30-15)26(22(29)21(17)28)12-7-10-24(2)3/h4-6,8-9,11,13,19,27H,7,10,12H2,1-3H3. The molecule has 1 aliphatic heterocycles. The van der Waals surface area contributed by atoms with E-state index in [0.717, 1.165) is 17.8 Å². The number of likely N-dealkylation sites (tertiary alicyclic amines) is 1. The van der Waals surface area contributed by atoms with E-state index in [2.05, 4.69) is 4.98 Å². The van der Waals surface area contributed by atoms with Crippen molar-refractivity contribution in [3.63, 3.8) is 0 Å². The lowest BCUT2D eigenvalue weighted by atomic mass is 10.0. The van der Waals surface area contributed by atoms with E-state index in [4.69, 9.17) is 0 Å². The molecule has 8 heteroatoms. The quantitative estimate of drug-likeness (QED) is 0.354. The maximum Gasteiger partial charge on any atom is 0.295 e. The SMILES string of the molecule is Cc1nc2ccccn2c1C([O-])=C1C(=O)C(=O)N(CCC[NH+](C)C)C1c1cccs1. The van der Waals surface area contributed by atoms with Gasteiger partial charge in [-0.3, -0.25) is 9.59 Å². The minimum Gasteiger partial charge on any atom is -0.871 e. The summed E-state index contributed by atoms with van der Waals surface area (Å²) >= 11 is 1.45. The van der Waals surface area contributed by atoms with E-state index in [0.29, 0.717) is 23.6 Å². The van der Waals surface area contributed by atoms with Gasteiger partial charge in [0.25, 0.3) is 5.91 Å². The van der Waals surface area contributed by atoms with E-state index in [1.54, 1.807) is 22.4 Å². The molecule has 0 aliphatic carbocycles. The van der Waals surface area contributed by atoms with E-state index < -0.39 is 23.5 Å². The molecule has 156 valence electrons. The first kappa shape index (κ1) is 20.3. The third kappa shape index (κ3) is 3.42. The van der Waals surface area contributed by atoms with Gasteiger partial charge in [-0.15, -0.1) is 11.3 Å². The van der Waals surface area contributed by atoms with Crippen molar-refractivity contribution in [2.75, 3.05) is 27.2 Å². The van der Waals surface area contributed by atoms with Gasteiger partial charge in [0, 0.05) is 29.6 Å². The molecule has 3 aromatic rings. The monoisotopic (exact) mass is 424 g/mol. The Bertz CT molecular complexity index is 1130. The number of aromatic nitrogens is 2. The molecule has 1 fully saturated rings. The summed E-state index contributed by atoms with van der Waals surface area (Å²) in [6.07, 6.45) is 2.50. The smallest absolute Gasteiger partial charge is 0.295 e. The van der Waals surface area contributed by atoms with Crippen LogP contribution < -0.4 is 10.0 Å². The molecule has 4 heterocycles. The Morgan fingerprint density at radius 3 is 2.73 bits per heavy atom. The molecule has 7 nitrogen and oxygen atoms in total. The Morgan fingerprint density at radius 1 is 1.23 bits per heavy atom. The van der Waals surface area contributed by atoms with Crippen LogP contribution in [0.25, 0.3) is 11.4 Å². The van der Waals surface area contributed by atoms with E-state index in [1.165, 1.54) is 16.2 Å². The topological polar surface area (TPSA) is 82.2 Å². The Balaban J connectivity index is 1.85. The van der Waals surface area contributed by atoms with E-state index in [1.807, 2.05) is 49.8 Å². The van der Waals surface area contributed by atoms with Crippen molar-refractivity contribution < 1.29 is 19.6 Å². The highest BCUT2D eigenvalue weighted by Gasteiger charge is 2.44. The number of rotatable bonds is 6. The van der Waals surface area contributed by atoms with E-state index in [9.17, 15) is 14.7 Å². The van der Waals surface area contributed by atoms with Crippen LogP contribution in [0.3, 0.4) is 0 Å². The predicted octanol–water partition coefficient (Wildman–Crippen LogP) is 0.463.